The van der Waals surface area contributed by atoms with Crippen molar-refractivity contribution in [3.8, 4) is 5.75 Å². The van der Waals surface area contributed by atoms with Gasteiger partial charge in [0.15, 0.2) is 0 Å². The van der Waals surface area contributed by atoms with Gasteiger partial charge >= 0.3 is 5.97 Å². The third-order valence-corrected chi connectivity index (χ3v) is 5.88. The summed E-state index contributed by atoms with van der Waals surface area (Å²) in [5.74, 6) is 0.0224. The molecule has 2 aliphatic rings. The number of aromatic nitrogens is 1. The molecule has 3 heterocycles. The maximum absolute atomic E-state index is 11.8. The van der Waals surface area contributed by atoms with E-state index in [1.54, 1.807) is 7.11 Å². The molecular formula is C20H25N3O3. The van der Waals surface area contributed by atoms with Crippen LogP contribution in [0, 0.1) is 5.41 Å². The van der Waals surface area contributed by atoms with Crippen LogP contribution in [0.15, 0.2) is 30.3 Å². The number of pyridine rings is 1. The second-order valence-electron chi connectivity index (χ2n) is 7.55. The second kappa shape index (κ2) is 6.85. The van der Waals surface area contributed by atoms with Crippen LogP contribution < -0.4 is 10.1 Å². The number of carbonyl (C=O) groups is 1. The van der Waals surface area contributed by atoms with Crippen molar-refractivity contribution in [3.63, 3.8) is 0 Å². The summed E-state index contributed by atoms with van der Waals surface area (Å²) in [5.41, 5.74) is 1.84. The highest BCUT2D eigenvalue weighted by atomic mass is 16.5. The Morgan fingerprint density at radius 3 is 2.88 bits per heavy atom. The number of hydrogen-bond donors (Lipinski definition) is 2. The first-order valence-corrected chi connectivity index (χ1v) is 9.20. The van der Waals surface area contributed by atoms with Gasteiger partial charge in [0, 0.05) is 18.5 Å². The Labute approximate surface area is 153 Å². The van der Waals surface area contributed by atoms with Gasteiger partial charge < -0.3 is 15.2 Å². The molecule has 138 valence electrons. The van der Waals surface area contributed by atoms with E-state index in [1.807, 2.05) is 30.3 Å². The Balaban J connectivity index is 1.60. The lowest BCUT2D eigenvalue weighted by molar-refractivity contribution is -0.142. The molecule has 6 heteroatoms. The molecule has 1 atom stereocenters. The highest BCUT2D eigenvalue weighted by Gasteiger charge is 2.47. The van der Waals surface area contributed by atoms with Crippen molar-refractivity contribution in [2.24, 2.45) is 5.41 Å². The molecule has 1 unspecified atom stereocenters. The van der Waals surface area contributed by atoms with Gasteiger partial charge in [-0.25, -0.2) is 4.98 Å². The molecular weight excluding hydrogens is 330 g/mol. The molecule has 2 N–H and O–H groups in total. The van der Waals surface area contributed by atoms with Gasteiger partial charge in [0.2, 0.25) is 0 Å². The number of likely N-dealkylation sites (tertiary alicyclic amines) is 1. The number of benzene rings is 1. The number of aliphatic carboxylic acids is 1. The predicted octanol–water partition coefficient (Wildman–Crippen LogP) is 2.27. The number of carboxylic acids is 1. The maximum Gasteiger partial charge on any atom is 0.320 e. The summed E-state index contributed by atoms with van der Waals surface area (Å²) in [6, 6.07) is 9.46. The fourth-order valence-electron chi connectivity index (χ4n) is 4.49. The van der Waals surface area contributed by atoms with Crippen LogP contribution in [0.1, 0.15) is 25.0 Å². The molecule has 0 radical (unpaired) electrons. The molecule has 2 aromatic rings. The SMILES string of the molecule is COc1cccc2ccc(CN3CC4(CCNCC4)CC3C(=O)O)nc12. The van der Waals surface area contributed by atoms with Crippen molar-refractivity contribution in [1.82, 2.24) is 15.2 Å². The van der Waals surface area contributed by atoms with Crippen molar-refractivity contribution in [2.75, 3.05) is 26.7 Å². The van der Waals surface area contributed by atoms with Gasteiger partial charge in [0.1, 0.15) is 17.3 Å². The minimum atomic E-state index is -0.723. The van der Waals surface area contributed by atoms with Crippen LogP contribution in [-0.4, -0.2) is 53.7 Å². The number of rotatable bonds is 4. The first-order valence-electron chi connectivity index (χ1n) is 9.20. The third kappa shape index (κ3) is 3.15. The van der Waals surface area contributed by atoms with Crippen molar-refractivity contribution < 1.29 is 14.6 Å². The highest BCUT2D eigenvalue weighted by molar-refractivity contribution is 5.84. The van der Waals surface area contributed by atoms with Crippen LogP contribution in [0.2, 0.25) is 0 Å². The first-order chi connectivity index (χ1) is 12.6. The fourth-order valence-corrected chi connectivity index (χ4v) is 4.49. The number of methoxy groups -OCH3 is 1. The monoisotopic (exact) mass is 355 g/mol. The molecule has 1 spiro atoms. The standard InChI is InChI=1S/C20H25N3O3/c1-26-17-4-2-3-14-5-6-15(22-18(14)17)12-23-13-20(7-9-21-10-8-20)11-16(23)19(24)25/h2-6,16,21H,7-13H2,1H3,(H,24,25). The summed E-state index contributed by atoms with van der Waals surface area (Å²) in [4.78, 5) is 18.7. The molecule has 1 aromatic heterocycles. The summed E-state index contributed by atoms with van der Waals surface area (Å²) >= 11 is 0. The second-order valence-corrected chi connectivity index (χ2v) is 7.55. The molecule has 1 aromatic carbocycles. The summed E-state index contributed by atoms with van der Waals surface area (Å²) in [6.07, 6.45) is 2.83. The molecule has 6 nitrogen and oxygen atoms in total. The molecule has 26 heavy (non-hydrogen) atoms. The van der Waals surface area contributed by atoms with Gasteiger partial charge in [-0.05, 0) is 49.9 Å². The van der Waals surface area contributed by atoms with Crippen molar-refractivity contribution in [3.05, 3.63) is 36.0 Å². The van der Waals surface area contributed by atoms with E-state index in [-0.39, 0.29) is 5.41 Å². The summed E-state index contributed by atoms with van der Waals surface area (Å²) in [7, 11) is 1.64. The fraction of sp³-hybridized carbons (Fsp3) is 0.500. The van der Waals surface area contributed by atoms with Gasteiger partial charge in [0.05, 0.1) is 12.8 Å². The van der Waals surface area contributed by atoms with Gasteiger partial charge in [0.25, 0.3) is 0 Å². The number of para-hydroxylation sites is 1. The van der Waals surface area contributed by atoms with Gasteiger partial charge in [-0.3, -0.25) is 9.69 Å². The highest BCUT2D eigenvalue weighted by Crippen LogP contribution is 2.42. The molecule has 2 fully saturated rings. The lowest BCUT2D eigenvalue weighted by Crippen LogP contribution is -2.38. The van der Waals surface area contributed by atoms with Crippen LogP contribution in [0.25, 0.3) is 10.9 Å². The van der Waals surface area contributed by atoms with Crippen molar-refractivity contribution >= 4 is 16.9 Å². The Kier molecular flexibility index (Phi) is 4.54. The van der Waals surface area contributed by atoms with Gasteiger partial charge in [-0.1, -0.05) is 18.2 Å². The summed E-state index contributed by atoms with van der Waals surface area (Å²) < 4.78 is 5.42. The number of nitrogens with one attached hydrogen (secondary N) is 1. The minimum Gasteiger partial charge on any atom is -0.494 e. The zero-order valence-corrected chi connectivity index (χ0v) is 15.1. The van der Waals surface area contributed by atoms with E-state index in [0.29, 0.717) is 6.54 Å². The topological polar surface area (TPSA) is 74.7 Å². The smallest absolute Gasteiger partial charge is 0.320 e. The molecule has 0 amide bonds. The summed E-state index contributed by atoms with van der Waals surface area (Å²) in [5, 5.41) is 14.1. The third-order valence-electron chi connectivity index (χ3n) is 5.88. The first kappa shape index (κ1) is 17.2. The number of carboxylic acid groups (broad SMARTS) is 1. The Morgan fingerprint density at radius 2 is 2.15 bits per heavy atom. The summed E-state index contributed by atoms with van der Waals surface area (Å²) in [6.45, 7) is 3.34. The lowest BCUT2D eigenvalue weighted by Gasteiger charge is -2.33. The van der Waals surface area contributed by atoms with E-state index >= 15 is 0 Å². The van der Waals surface area contributed by atoms with Gasteiger partial charge in [-0.2, -0.15) is 0 Å². The van der Waals surface area contributed by atoms with E-state index in [1.165, 1.54) is 0 Å². The Bertz CT molecular complexity index is 817. The average molecular weight is 355 g/mol. The molecule has 2 saturated heterocycles. The number of piperidine rings is 1. The number of hydrogen-bond acceptors (Lipinski definition) is 5. The minimum absolute atomic E-state index is 0.128. The van der Waals surface area contributed by atoms with Crippen LogP contribution in [-0.2, 0) is 11.3 Å². The number of nitrogens with zero attached hydrogens (tertiary/aromatic N) is 2. The van der Waals surface area contributed by atoms with E-state index in [0.717, 1.165) is 61.2 Å². The van der Waals surface area contributed by atoms with Crippen LogP contribution >= 0.6 is 0 Å². The van der Waals surface area contributed by atoms with E-state index in [9.17, 15) is 9.90 Å². The molecule has 2 aliphatic heterocycles. The van der Waals surface area contributed by atoms with E-state index in [2.05, 4.69) is 10.2 Å². The maximum atomic E-state index is 11.8. The number of ether oxygens (including phenoxy) is 1. The zero-order valence-electron chi connectivity index (χ0n) is 15.1. The lowest BCUT2D eigenvalue weighted by atomic mass is 9.77. The van der Waals surface area contributed by atoms with Crippen molar-refractivity contribution in [2.45, 2.75) is 31.8 Å². The van der Waals surface area contributed by atoms with Gasteiger partial charge in [-0.15, -0.1) is 0 Å². The average Bonchev–Trinajstić information content (AvgIpc) is 2.99. The van der Waals surface area contributed by atoms with Crippen LogP contribution in [0.4, 0.5) is 0 Å². The van der Waals surface area contributed by atoms with Crippen LogP contribution in [0.3, 0.4) is 0 Å². The predicted molar refractivity (Wildman–Crippen MR) is 99.3 cm³/mol. The van der Waals surface area contributed by atoms with E-state index < -0.39 is 12.0 Å². The van der Waals surface area contributed by atoms with Crippen molar-refractivity contribution in [1.29, 1.82) is 0 Å². The van der Waals surface area contributed by atoms with E-state index in [4.69, 9.17) is 9.72 Å². The normalized spacial score (nSPS) is 22.7. The largest absolute Gasteiger partial charge is 0.494 e. The van der Waals surface area contributed by atoms with Crippen LogP contribution in [0.5, 0.6) is 5.75 Å². The number of fused-ring (bicyclic) bond motifs is 1. The molecule has 4 rings (SSSR count). The quantitative estimate of drug-likeness (QED) is 0.876. The molecule has 0 bridgehead atoms. The Hall–Kier alpha value is -2.18. The zero-order chi connectivity index (χ0) is 18.1. The molecule has 0 aliphatic carbocycles. The molecule has 0 saturated carbocycles. The Morgan fingerprint density at radius 1 is 1.35 bits per heavy atom.